The SMILES string of the molecule is CCCCOc1nc(N)c2[nH]c(=O)n(CCCN(Cc3cccc(CC(=O)OC)c3)C(=O)CNS(C)(=O)=O)c2n1. The quantitative estimate of drug-likeness (QED) is 0.170. The largest absolute Gasteiger partial charge is 0.469 e. The number of imidazole rings is 1. The van der Waals surface area contributed by atoms with Gasteiger partial charge in [-0.1, -0.05) is 37.6 Å². The number of anilines is 1. The van der Waals surface area contributed by atoms with Gasteiger partial charge in [0.05, 0.1) is 32.9 Å². The maximum atomic E-state index is 13.0. The molecule has 0 atom stereocenters. The number of rotatable bonds is 15. The third-order valence-electron chi connectivity index (χ3n) is 5.95. The third-order valence-corrected chi connectivity index (χ3v) is 6.62. The van der Waals surface area contributed by atoms with Crippen LogP contribution in [0.4, 0.5) is 5.82 Å². The van der Waals surface area contributed by atoms with Crippen molar-refractivity contribution in [3.05, 3.63) is 45.9 Å². The summed E-state index contributed by atoms with van der Waals surface area (Å²) in [5.41, 5.74) is 7.61. The van der Waals surface area contributed by atoms with Gasteiger partial charge in [-0.25, -0.2) is 17.9 Å². The number of esters is 1. The van der Waals surface area contributed by atoms with Crippen molar-refractivity contribution in [2.45, 2.75) is 45.7 Å². The molecule has 1 aromatic carbocycles. The number of methoxy groups -OCH3 is 1. The highest BCUT2D eigenvalue weighted by Crippen LogP contribution is 2.18. The molecule has 0 saturated heterocycles. The van der Waals surface area contributed by atoms with Crippen LogP contribution in [-0.4, -0.2) is 77.8 Å². The van der Waals surface area contributed by atoms with E-state index in [9.17, 15) is 22.8 Å². The van der Waals surface area contributed by atoms with Crippen molar-refractivity contribution < 1.29 is 27.5 Å². The molecule has 4 N–H and O–H groups in total. The minimum atomic E-state index is -3.59. The standard InChI is InChI=1S/C25H35N7O7S/c1-4-5-12-39-24-29-22(26)21-23(30-24)32(25(35)28-21)11-7-10-31(19(33)15-27-40(3,36)37)16-18-9-6-8-17(13-18)14-20(34)38-2/h6,8-9,13,27H,4-5,7,10-12,14-16H2,1-3H3,(H,28,35)(H2,26,29,30). The molecule has 0 fully saturated rings. The Bertz CT molecular complexity index is 1500. The fraction of sp³-hybridized carbons (Fsp3) is 0.480. The van der Waals surface area contributed by atoms with E-state index in [4.69, 9.17) is 15.2 Å². The van der Waals surface area contributed by atoms with E-state index < -0.39 is 34.1 Å². The molecule has 0 radical (unpaired) electrons. The van der Waals surface area contributed by atoms with E-state index in [2.05, 4.69) is 19.7 Å². The molecule has 0 aliphatic carbocycles. The number of hydrogen-bond acceptors (Lipinski definition) is 10. The molecule has 0 aliphatic rings. The summed E-state index contributed by atoms with van der Waals surface area (Å²) in [6.07, 6.45) is 3.13. The van der Waals surface area contributed by atoms with Gasteiger partial charge < -0.3 is 25.1 Å². The number of amides is 1. The van der Waals surface area contributed by atoms with E-state index in [1.807, 2.05) is 6.92 Å². The van der Waals surface area contributed by atoms with Gasteiger partial charge in [-0.15, -0.1) is 0 Å². The average Bonchev–Trinajstić information content (AvgIpc) is 3.22. The number of nitrogens with two attached hydrogens (primary N) is 1. The number of ether oxygens (including phenoxy) is 2. The van der Waals surface area contributed by atoms with Crippen LogP contribution < -0.4 is 20.9 Å². The van der Waals surface area contributed by atoms with E-state index in [1.54, 1.807) is 24.3 Å². The second-order valence-electron chi connectivity index (χ2n) is 9.21. The third kappa shape index (κ3) is 8.77. The summed E-state index contributed by atoms with van der Waals surface area (Å²) in [6, 6.07) is 7.19. The van der Waals surface area contributed by atoms with Crippen LogP contribution in [0.25, 0.3) is 11.2 Å². The Morgan fingerprint density at radius 1 is 1.20 bits per heavy atom. The first kappa shape index (κ1) is 30.6. The van der Waals surface area contributed by atoms with Crippen molar-refractivity contribution in [2.24, 2.45) is 0 Å². The average molecular weight is 578 g/mol. The number of unbranched alkanes of at least 4 members (excludes halogenated alkanes) is 1. The summed E-state index contributed by atoms with van der Waals surface area (Å²) < 4.78 is 37.0. The lowest BCUT2D eigenvalue weighted by Crippen LogP contribution is -2.40. The zero-order chi connectivity index (χ0) is 29.3. The van der Waals surface area contributed by atoms with Crippen molar-refractivity contribution in [1.29, 1.82) is 0 Å². The second-order valence-corrected chi connectivity index (χ2v) is 11.0. The van der Waals surface area contributed by atoms with Gasteiger partial charge in [-0.2, -0.15) is 9.97 Å². The number of nitrogen functional groups attached to an aromatic ring is 1. The number of nitrogens with zero attached hydrogens (tertiary/aromatic N) is 4. The van der Waals surface area contributed by atoms with Crippen molar-refractivity contribution in [3.8, 4) is 6.01 Å². The fourth-order valence-electron chi connectivity index (χ4n) is 3.92. The molecule has 15 heteroatoms. The molecule has 0 spiro atoms. The maximum absolute atomic E-state index is 13.0. The first-order chi connectivity index (χ1) is 19.0. The maximum Gasteiger partial charge on any atom is 0.327 e. The van der Waals surface area contributed by atoms with Crippen molar-refractivity contribution in [3.63, 3.8) is 0 Å². The number of hydrogen-bond donors (Lipinski definition) is 3. The van der Waals surface area contributed by atoms with E-state index in [0.29, 0.717) is 24.1 Å². The summed E-state index contributed by atoms with van der Waals surface area (Å²) in [4.78, 5) is 49.9. The molecule has 40 heavy (non-hydrogen) atoms. The van der Waals surface area contributed by atoms with Crippen LogP contribution >= 0.6 is 0 Å². The molecule has 3 rings (SSSR count). The van der Waals surface area contributed by atoms with Crippen LogP contribution in [0.5, 0.6) is 6.01 Å². The zero-order valence-electron chi connectivity index (χ0n) is 22.8. The Labute approximate surface area is 231 Å². The van der Waals surface area contributed by atoms with E-state index in [0.717, 1.165) is 24.7 Å². The molecule has 2 aromatic heterocycles. The highest BCUT2D eigenvalue weighted by Gasteiger charge is 2.18. The lowest BCUT2D eigenvalue weighted by Gasteiger charge is -2.23. The summed E-state index contributed by atoms with van der Waals surface area (Å²) in [5.74, 6) is -0.758. The zero-order valence-corrected chi connectivity index (χ0v) is 23.6. The van der Waals surface area contributed by atoms with Gasteiger partial charge in [0, 0.05) is 19.6 Å². The van der Waals surface area contributed by atoms with Gasteiger partial charge >= 0.3 is 17.7 Å². The number of carbonyl (C=O) groups is 2. The van der Waals surface area contributed by atoms with Crippen molar-refractivity contribution in [2.75, 3.05) is 38.8 Å². The first-order valence-corrected chi connectivity index (χ1v) is 14.7. The number of aromatic nitrogens is 4. The van der Waals surface area contributed by atoms with E-state index in [1.165, 1.54) is 16.6 Å². The molecule has 218 valence electrons. The Balaban J connectivity index is 1.78. The first-order valence-electron chi connectivity index (χ1n) is 12.8. The lowest BCUT2D eigenvalue weighted by atomic mass is 10.1. The van der Waals surface area contributed by atoms with E-state index >= 15 is 0 Å². The summed E-state index contributed by atoms with van der Waals surface area (Å²) in [7, 11) is -2.28. The number of nitrogens with one attached hydrogen (secondary N) is 2. The summed E-state index contributed by atoms with van der Waals surface area (Å²) >= 11 is 0. The Morgan fingerprint density at radius 2 is 1.95 bits per heavy atom. The summed E-state index contributed by atoms with van der Waals surface area (Å²) in [5, 5.41) is 0. The lowest BCUT2D eigenvalue weighted by molar-refractivity contribution is -0.139. The van der Waals surface area contributed by atoms with Crippen LogP contribution in [0.2, 0.25) is 0 Å². The predicted octanol–water partition coefficient (Wildman–Crippen LogP) is 0.564. The van der Waals surface area contributed by atoms with Gasteiger partial charge in [-0.3, -0.25) is 14.2 Å². The summed E-state index contributed by atoms with van der Waals surface area (Å²) in [6.45, 7) is 2.56. The van der Waals surface area contributed by atoms with Gasteiger partial charge in [0.15, 0.2) is 11.5 Å². The fourth-order valence-corrected chi connectivity index (χ4v) is 4.31. The molecule has 0 unspecified atom stereocenters. The Morgan fingerprint density at radius 3 is 2.65 bits per heavy atom. The molecule has 0 saturated carbocycles. The molecule has 2 heterocycles. The molecule has 3 aromatic rings. The van der Waals surface area contributed by atoms with Gasteiger partial charge in [0.1, 0.15) is 5.52 Å². The minimum Gasteiger partial charge on any atom is -0.469 e. The number of fused-ring (bicyclic) bond motifs is 1. The molecular weight excluding hydrogens is 542 g/mol. The predicted molar refractivity (Wildman–Crippen MR) is 148 cm³/mol. The normalized spacial score (nSPS) is 11.5. The van der Waals surface area contributed by atoms with Crippen LogP contribution in [0.15, 0.2) is 29.1 Å². The number of aryl methyl sites for hydroxylation is 1. The van der Waals surface area contributed by atoms with Crippen LogP contribution in [0, 0.1) is 0 Å². The number of H-pyrrole nitrogens is 1. The topological polar surface area (TPSA) is 192 Å². The van der Waals surface area contributed by atoms with Crippen LogP contribution in [0.3, 0.4) is 0 Å². The number of sulfonamides is 1. The second kappa shape index (κ2) is 13.9. The Kier molecular flexibility index (Phi) is 10.6. The van der Waals surface area contributed by atoms with Crippen LogP contribution in [0.1, 0.15) is 37.3 Å². The molecular formula is C25H35N7O7S. The van der Waals surface area contributed by atoms with Gasteiger partial charge in [0.25, 0.3) is 0 Å². The molecule has 1 amide bonds. The number of carbonyl (C=O) groups excluding carboxylic acids is 2. The van der Waals surface area contributed by atoms with Crippen molar-refractivity contribution >= 4 is 38.9 Å². The smallest absolute Gasteiger partial charge is 0.327 e. The highest BCUT2D eigenvalue weighted by molar-refractivity contribution is 7.88. The van der Waals surface area contributed by atoms with E-state index in [-0.39, 0.29) is 43.5 Å². The van der Waals surface area contributed by atoms with Crippen molar-refractivity contribution in [1.82, 2.24) is 29.1 Å². The minimum absolute atomic E-state index is 0.0710. The number of aromatic amines is 1. The molecule has 0 aliphatic heterocycles. The monoisotopic (exact) mass is 577 g/mol. The number of benzene rings is 1. The van der Waals surface area contributed by atoms with Crippen LogP contribution in [-0.2, 0) is 43.9 Å². The van der Waals surface area contributed by atoms with Gasteiger partial charge in [0.2, 0.25) is 15.9 Å². The Hall–Kier alpha value is -3.98. The molecule has 14 nitrogen and oxygen atoms in total. The van der Waals surface area contributed by atoms with Gasteiger partial charge in [-0.05, 0) is 24.0 Å². The molecule has 0 bridgehead atoms. The highest BCUT2D eigenvalue weighted by atomic mass is 32.2.